The summed E-state index contributed by atoms with van der Waals surface area (Å²) in [5.74, 6) is 1.81. The van der Waals surface area contributed by atoms with Gasteiger partial charge in [-0.15, -0.1) is 0 Å². The maximum atomic E-state index is 6.00. The molecule has 0 saturated carbocycles. The van der Waals surface area contributed by atoms with E-state index in [0.29, 0.717) is 13.2 Å². The van der Waals surface area contributed by atoms with Crippen LogP contribution in [0.2, 0.25) is 0 Å². The third-order valence-electron chi connectivity index (χ3n) is 4.12. The highest BCUT2D eigenvalue weighted by atomic mass is 16.7. The second-order valence-corrected chi connectivity index (χ2v) is 5.55. The fourth-order valence-electron chi connectivity index (χ4n) is 3.01. The molecule has 0 unspecified atom stereocenters. The van der Waals surface area contributed by atoms with Crippen molar-refractivity contribution in [2.45, 2.75) is 26.7 Å². The van der Waals surface area contributed by atoms with Crippen molar-refractivity contribution in [3.8, 4) is 11.5 Å². The van der Waals surface area contributed by atoms with E-state index >= 15 is 0 Å². The Labute approximate surface area is 143 Å². The van der Waals surface area contributed by atoms with Crippen molar-refractivity contribution >= 4 is 10.8 Å². The Balaban J connectivity index is 2.08. The summed E-state index contributed by atoms with van der Waals surface area (Å²) in [4.78, 5) is 0. The average Bonchev–Trinajstić information content (AvgIpc) is 2.63. The van der Waals surface area contributed by atoms with E-state index in [1.165, 1.54) is 11.1 Å². The first-order chi connectivity index (χ1) is 11.9. The summed E-state index contributed by atoms with van der Waals surface area (Å²) in [6, 6.07) is 8.19. The van der Waals surface area contributed by atoms with E-state index in [1.54, 1.807) is 0 Å². The maximum Gasteiger partial charge on any atom is 0.189 e. The zero-order valence-corrected chi connectivity index (χ0v) is 14.3. The standard InChI is InChI=1S/C20H24O4/c1-3-21-13-23-19-15-9-5-7-11-17(15)20(24-14-22-4-2)18-12-8-6-10-16(18)19/h5-9,11H,3-4,10,12-14H2,1-2H3. The molecule has 0 radical (unpaired) electrons. The molecule has 2 aromatic carbocycles. The van der Waals surface area contributed by atoms with Gasteiger partial charge in [0, 0.05) is 35.1 Å². The van der Waals surface area contributed by atoms with Crippen molar-refractivity contribution in [3.63, 3.8) is 0 Å². The molecule has 0 spiro atoms. The summed E-state index contributed by atoms with van der Waals surface area (Å²) in [6.45, 7) is 5.71. The van der Waals surface area contributed by atoms with Crippen molar-refractivity contribution < 1.29 is 18.9 Å². The van der Waals surface area contributed by atoms with Crippen molar-refractivity contribution in [2.24, 2.45) is 0 Å². The van der Waals surface area contributed by atoms with Crippen molar-refractivity contribution in [1.29, 1.82) is 0 Å². The molecule has 24 heavy (non-hydrogen) atoms. The molecule has 0 aliphatic heterocycles. The first-order valence-corrected chi connectivity index (χ1v) is 8.49. The molecular formula is C20H24O4. The maximum absolute atomic E-state index is 6.00. The molecule has 1 aliphatic carbocycles. The van der Waals surface area contributed by atoms with Crippen molar-refractivity contribution in [3.05, 3.63) is 47.5 Å². The van der Waals surface area contributed by atoms with Crippen LogP contribution in [-0.2, 0) is 22.3 Å². The number of rotatable bonds is 8. The van der Waals surface area contributed by atoms with Crippen LogP contribution in [0.1, 0.15) is 25.0 Å². The quantitative estimate of drug-likeness (QED) is 0.413. The topological polar surface area (TPSA) is 36.9 Å². The van der Waals surface area contributed by atoms with Crippen LogP contribution >= 0.6 is 0 Å². The van der Waals surface area contributed by atoms with Crippen molar-refractivity contribution in [1.82, 2.24) is 0 Å². The molecule has 0 heterocycles. The van der Waals surface area contributed by atoms with Crippen LogP contribution in [0.25, 0.3) is 10.8 Å². The van der Waals surface area contributed by atoms with Crippen LogP contribution in [0.3, 0.4) is 0 Å². The number of allylic oxidation sites excluding steroid dienone is 2. The summed E-state index contributed by atoms with van der Waals surface area (Å²) < 4.78 is 22.8. The van der Waals surface area contributed by atoms with E-state index in [0.717, 1.165) is 35.1 Å². The molecule has 0 amide bonds. The third kappa shape index (κ3) is 3.40. The molecule has 0 saturated heterocycles. The van der Waals surface area contributed by atoms with E-state index in [2.05, 4.69) is 24.3 Å². The Hall–Kier alpha value is -2.04. The Kier molecular flexibility index (Phi) is 5.72. The molecule has 0 bridgehead atoms. The van der Waals surface area contributed by atoms with Gasteiger partial charge in [0.1, 0.15) is 11.5 Å². The lowest BCUT2D eigenvalue weighted by molar-refractivity contribution is 0.0205. The van der Waals surface area contributed by atoms with Crippen LogP contribution in [0, 0.1) is 0 Å². The lowest BCUT2D eigenvalue weighted by atomic mass is 9.91. The van der Waals surface area contributed by atoms with Gasteiger partial charge < -0.3 is 18.9 Å². The second-order valence-electron chi connectivity index (χ2n) is 5.55. The summed E-state index contributed by atoms with van der Waals surface area (Å²) in [5.41, 5.74) is 2.37. The number of fused-ring (bicyclic) bond motifs is 2. The summed E-state index contributed by atoms with van der Waals surface area (Å²) >= 11 is 0. The number of hydrogen-bond acceptors (Lipinski definition) is 4. The Morgan fingerprint density at radius 1 is 0.750 bits per heavy atom. The second kappa shape index (κ2) is 8.18. The van der Waals surface area contributed by atoms with Gasteiger partial charge in [-0.3, -0.25) is 0 Å². The van der Waals surface area contributed by atoms with Gasteiger partial charge in [0.05, 0.1) is 0 Å². The molecule has 1 aliphatic rings. The minimum atomic E-state index is 0.260. The number of hydrogen-bond donors (Lipinski definition) is 0. The van der Waals surface area contributed by atoms with Crippen LogP contribution in [0.15, 0.2) is 36.4 Å². The molecule has 0 N–H and O–H groups in total. The normalized spacial score (nSPS) is 13.1. The Bertz CT molecular complexity index is 661. The molecule has 4 heteroatoms. The highest BCUT2D eigenvalue weighted by Crippen LogP contribution is 2.43. The van der Waals surface area contributed by atoms with Crippen LogP contribution in [-0.4, -0.2) is 26.8 Å². The Morgan fingerprint density at radius 2 is 1.21 bits per heavy atom. The Morgan fingerprint density at radius 3 is 1.62 bits per heavy atom. The van der Waals surface area contributed by atoms with Gasteiger partial charge in [0.25, 0.3) is 0 Å². The van der Waals surface area contributed by atoms with Gasteiger partial charge in [0.2, 0.25) is 0 Å². The minimum Gasteiger partial charge on any atom is -0.467 e. The molecular weight excluding hydrogens is 304 g/mol. The smallest absolute Gasteiger partial charge is 0.189 e. The molecule has 0 atom stereocenters. The van der Waals surface area contributed by atoms with Crippen molar-refractivity contribution in [2.75, 3.05) is 26.8 Å². The van der Waals surface area contributed by atoms with Gasteiger partial charge in [-0.2, -0.15) is 0 Å². The van der Waals surface area contributed by atoms with E-state index in [1.807, 2.05) is 26.0 Å². The van der Waals surface area contributed by atoms with E-state index in [4.69, 9.17) is 18.9 Å². The van der Waals surface area contributed by atoms with Crippen LogP contribution in [0.5, 0.6) is 11.5 Å². The van der Waals surface area contributed by atoms with Gasteiger partial charge in [-0.05, 0) is 26.7 Å². The fourth-order valence-corrected chi connectivity index (χ4v) is 3.01. The fraction of sp³-hybridized carbons (Fsp3) is 0.400. The number of benzene rings is 2. The number of ether oxygens (including phenoxy) is 4. The molecule has 4 nitrogen and oxygen atoms in total. The van der Waals surface area contributed by atoms with E-state index in [9.17, 15) is 0 Å². The van der Waals surface area contributed by atoms with Gasteiger partial charge in [-0.1, -0.05) is 36.4 Å². The molecule has 2 aromatic rings. The zero-order chi connectivity index (χ0) is 16.8. The van der Waals surface area contributed by atoms with Crippen LogP contribution in [0.4, 0.5) is 0 Å². The SMILES string of the molecule is CCOCOc1c2c(c(OCOCC)c3ccccc13)CC=CC2. The highest BCUT2D eigenvalue weighted by Gasteiger charge is 2.22. The summed E-state index contributed by atoms with van der Waals surface area (Å²) in [7, 11) is 0. The zero-order valence-electron chi connectivity index (χ0n) is 14.3. The monoisotopic (exact) mass is 328 g/mol. The largest absolute Gasteiger partial charge is 0.467 e. The van der Waals surface area contributed by atoms with Crippen LogP contribution < -0.4 is 9.47 Å². The average molecular weight is 328 g/mol. The summed E-state index contributed by atoms with van der Waals surface area (Å²) in [5, 5.41) is 2.11. The first-order valence-electron chi connectivity index (χ1n) is 8.49. The van der Waals surface area contributed by atoms with E-state index in [-0.39, 0.29) is 13.6 Å². The molecule has 128 valence electrons. The predicted molar refractivity (Wildman–Crippen MR) is 94.7 cm³/mol. The lowest BCUT2D eigenvalue weighted by Gasteiger charge is -2.23. The van der Waals surface area contributed by atoms with E-state index < -0.39 is 0 Å². The summed E-state index contributed by atoms with van der Waals surface area (Å²) in [6.07, 6.45) is 6.03. The van der Waals surface area contributed by atoms with Gasteiger partial charge >= 0.3 is 0 Å². The molecule has 0 fully saturated rings. The lowest BCUT2D eigenvalue weighted by Crippen LogP contribution is -2.11. The predicted octanol–water partition coefficient (Wildman–Crippen LogP) is 4.24. The van der Waals surface area contributed by atoms with Gasteiger partial charge in [0.15, 0.2) is 13.6 Å². The highest BCUT2D eigenvalue weighted by molar-refractivity contribution is 5.96. The first kappa shape index (κ1) is 16.8. The molecule has 0 aromatic heterocycles. The molecule has 3 rings (SSSR count). The minimum absolute atomic E-state index is 0.260. The third-order valence-corrected chi connectivity index (χ3v) is 4.12. The van der Waals surface area contributed by atoms with Gasteiger partial charge in [-0.25, -0.2) is 0 Å².